The maximum atomic E-state index is 11.2. The van der Waals surface area contributed by atoms with Crippen molar-refractivity contribution in [1.82, 2.24) is 0 Å². The highest BCUT2D eigenvalue weighted by Crippen LogP contribution is 2.19. The van der Waals surface area contributed by atoms with Crippen LogP contribution < -0.4 is 0 Å². The number of hydrogen-bond acceptors (Lipinski definition) is 2. The number of nitriles is 1. The SMILES string of the molecule is C[C@@H](C#N)C(=O)C(C)(C)C. The lowest BCUT2D eigenvalue weighted by Crippen LogP contribution is -2.25. The second-order valence-electron chi connectivity index (χ2n) is 3.47. The lowest BCUT2D eigenvalue weighted by Gasteiger charge is -2.17. The molecule has 0 aliphatic rings. The fraction of sp³-hybridized carbons (Fsp3) is 0.750. The molecule has 0 aromatic heterocycles. The Kier molecular flexibility index (Phi) is 2.59. The molecule has 0 aromatic carbocycles. The van der Waals surface area contributed by atoms with Gasteiger partial charge in [-0.3, -0.25) is 4.79 Å². The molecular formula is C8H13NO. The van der Waals surface area contributed by atoms with E-state index in [1.165, 1.54) is 0 Å². The molecule has 0 saturated heterocycles. The summed E-state index contributed by atoms with van der Waals surface area (Å²) in [6.45, 7) is 7.10. The Balaban J connectivity index is 4.27. The summed E-state index contributed by atoms with van der Waals surface area (Å²) in [6, 6.07) is 1.92. The van der Waals surface area contributed by atoms with E-state index in [2.05, 4.69) is 0 Å². The van der Waals surface area contributed by atoms with Crippen molar-refractivity contribution in [2.45, 2.75) is 27.7 Å². The van der Waals surface area contributed by atoms with Gasteiger partial charge in [0.05, 0.1) is 6.07 Å². The first-order valence-corrected chi connectivity index (χ1v) is 3.33. The van der Waals surface area contributed by atoms with Gasteiger partial charge < -0.3 is 0 Å². The summed E-state index contributed by atoms with van der Waals surface area (Å²) in [6.07, 6.45) is 0. The van der Waals surface area contributed by atoms with Gasteiger partial charge in [0.2, 0.25) is 0 Å². The van der Waals surface area contributed by atoms with Crippen LogP contribution in [0.5, 0.6) is 0 Å². The number of ketones is 1. The van der Waals surface area contributed by atoms with E-state index in [-0.39, 0.29) is 11.2 Å². The average molecular weight is 139 g/mol. The van der Waals surface area contributed by atoms with Crippen LogP contribution in [-0.4, -0.2) is 5.78 Å². The zero-order valence-electron chi connectivity index (χ0n) is 6.93. The lowest BCUT2D eigenvalue weighted by molar-refractivity contribution is -0.128. The summed E-state index contributed by atoms with van der Waals surface area (Å²) in [5.74, 6) is -0.463. The molecule has 0 rings (SSSR count). The molecule has 0 unspecified atom stereocenters. The summed E-state index contributed by atoms with van der Waals surface area (Å²) in [4.78, 5) is 11.2. The van der Waals surface area contributed by atoms with Gasteiger partial charge in [0.15, 0.2) is 5.78 Å². The fourth-order valence-electron chi connectivity index (χ4n) is 0.708. The third-order valence-corrected chi connectivity index (χ3v) is 1.33. The topological polar surface area (TPSA) is 40.9 Å². The summed E-state index contributed by atoms with van der Waals surface area (Å²) in [5, 5.41) is 8.40. The monoisotopic (exact) mass is 139 g/mol. The molecule has 0 aliphatic carbocycles. The summed E-state index contributed by atoms with van der Waals surface area (Å²) in [5.41, 5.74) is -0.380. The molecule has 0 bridgehead atoms. The van der Waals surface area contributed by atoms with Gasteiger partial charge in [-0.25, -0.2) is 0 Å². The smallest absolute Gasteiger partial charge is 0.154 e. The van der Waals surface area contributed by atoms with Crippen molar-refractivity contribution < 1.29 is 4.79 Å². The first-order valence-electron chi connectivity index (χ1n) is 3.33. The molecular weight excluding hydrogens is 126 g/mol. The Labute approximate surface area is 61.8 Å². The number of carbonyl (C=O) groups excluding carboxylic acids is 1. The Bertz CT molecular complexity index is 171. The van der Waals surface area contributed by atoms with Gasteiger partial charge in [-0.15, -0.1) is 0 Å². The number of Topliss-reactive ketones (excluding diaryl/α,β-unsaturated/α-hetero) is 1. The maximum Gasteiger partial charge on any atom is 0.154 e. The van der Waals surface area contributed by atoms with E-state index in [0.717, 1.165) is 0 Å². The van der Waals surface area contributed by atoms with E-state index >= 15 is 0 Å². The van der Waals surface area contributed by atoms with E-state index in [4.69, 9.17) is 5.26 Å². The number of nitrogens with zero attached hydrogens (tertiary/aromatic N) is 1. The Morgan fingerprint density at radius 1 is 1.50 bits per heavy atom. The van der Waals surface area contributed by atoms with Gasteiger partial charge in [-0.1, -0.05) is 20.8 Å². The molecule has 10 heavy (non-hydrogen) atoms. The molecule has 0 spiro atoms. The van der Waals surface area contributed by atoms with E-state index in [0.29, 0.717) is 0 Å². The molecule has 1 atom stereocenters. The highest BCUT2D eigenvalue weighted by Gasteiger charge is 2.25. The minimum absolute atomic E-state index is 0.00926. The predicted molar refractivity (Wildman–Crippen MR) is 39.2 cm³/mol. The van der Waals surface area contributed by atoms with Gasteiger partial charge in [0, 0.05) is 5.41 Å². The molecule has 0 aromatic rings. The van der Waals surface area contributed by atoms with Crippen LogP contribution >= 0.6 is 0 Å². The average Bonchev–Trinajstić information content (AvgIpc) is 1.83. The van der Waals surface area contributed by atoms with Crippen LogP contribution in [0.4, 0.5) is 0 Å². The van der Waals surface area contributed by atoms with Crippen molar-refractivity contribution in [3.8, 4) is 6.07 Å². The van der Waals surface area contributed by atoms with Gasteiger partial charge >= 0.3 is 0 Å². The van der Waals surface area contributed by atoms with Crippen LogP contribution in [-0.2, 0) is 4.79 Å². The van der Waals surface area contributed by atoms with Gasteiger partial charge in [0.25, 0.3) is 0 Å². The van der Waals surface area contributed by atoms with Crippen LogP contribution in [0.2, 0.25) is 0 Å². The Morgan fingerprint density at radius 2 is 1.90 bits per heavy atom. The minimum Gasteiger partial charge on any atom is -0.298 e. The fourth-order valence-corrected chi connectivity index (χ4v) is 0.708. The van der Waals surface area contributed by atoms with Crippen LogP contribution in [0, 0.1) is 22.7 Å². The summed E-state index contributed by atoms with van der Waals surface area (Å²) in [7, 11) is 0. The molecule has 2 heteroatoms. The Morgan fingerprint density at radius 3 is 2.00 bits per heavy atom. The van der Waals surface area contributed by atoms with Crippen molar-refractivity contribution in [2.75, 3.05) is 0 Å². The number of hydrogen-bond donors (Lipinski definition) is 0. The van der Waals surface area contributed by atoms with Crippen LogP contribution in [0.15, 0.2) is 0 Å². The van der Waals surface area contributed by atoms with E-state index in [1.807, 2.05) is 26.8 Å². The molecule has 0 heterocycles. The molecule has 0 fully saturated rings. The van der Waals surface area contributed by atoms with Crippen LogP contribution in [0.25, 0.3) is 0 Å². The zero-order valence-corrected chi connectivity index (χ0v) is 6.93. The predicted octanol–water partition coefficient (Wildman–Crippen LogP) is 1.76. The van der Waals surface area contributed by atoms with E-state index in [1.54, 1.807) is 6.92 Å². The van der Waals surface area contributed by atoms with Crippen molar-refractivity contribution >= 4 is 5.78 Å². The second kappa shape index (κ2) is 2.83. The molecule has 0 saturated carbocycles. The van der Waals surface area contributed by atoms with Crippen LogP contribution in [0.1, 0.15) is 27.7 Å². The highest BCUT2D eigenvalue weighted by atomic mass is 16.1. The van der Waals surface area contributed by atoms with E-state index < -0.39 is 5.92 Å². The quantitative estimate of drug-likeness (QED) is 0.555. The Hall–Kier alpha value is -0.840. The van der Waals surface area contributed by atoms with Crippen molar-refractivity contribution in [3.63, 3.8) is 0 Å². The van der Waals surface area contributed by atoms with Crippen molar-refractivity contribution in [3.05, 3.63) is 0 Å². The molecule has 0 radical (unpaired) electrons. The molecule has 2 nitrogen and oxygen atoms in total. The normalized spacial score (nSPS) is 13.9. The molecule has 0 amide bonds. The van der Waals surface area contributed by atoms with Crippen LogP contribution in [0.3, 0.4) is 0 Å². The van der Waals surface area contributed by atoms with Crippen molar-refractivity contribution in [1.29, 1.82) is 5.26 Å². The lowest BCUT2D eigenvalue weighted by atomic mass is 9.84. The third-order valence-electron chi connectivity index (χ3n) is 1.33. The largest absolute Gasteiger partial charge is 0.298 e. The number of carbonyl (C=O) groups is 1. The summed E-state index contributed by atoms with van der Waals surface area (Å²) < 4.78 is 0. The second-order valence-corrected chi connectivity index (χ2v) is 3.47. The first-order chi connectivity index (χ1) is 4.39. The van der Waals surface area contributed by atoms with Gasteiger partial charge in [0.1, 0.15) is 5.92 Å². The molecule has 56 valence electrons. The van der Waals surface area contributed by atoms with Crippen molar-refractivity contribution in [2.24, 2.45) is 11.3 Å². The standard InChI is InChI=1S/C8H13NO/c1-6(5-9)7(10)8(2,3)4/h6H,1-4H3/t6-/m0/s1. The minimum atomic E-state index is -0.472. The number of rotatable bonds is 1. The summed E-state index contributed by atoms with van der Waals surface area (Å²) >= 11 is 0. The van der Waals surface area contributed by atoms with E-state index in [9.17, 15) is 4.79 Å². The zero-order chi connectivity index (χ0) is 8.36. The third kappa shape index (κ3) is 2.18. The van der Waals surface area contributed by atoms with Gasteiger partial charge in [-0.05, 0) is 6.92 Å². The first kappa shape index (κ1) is 9.16. The highest BCUT2D eigenvalue weighted by molar-refractivity contribution is 5.87. The molecule has 0 N–H and O–H groups in total. The maximum absolute atomic E-state index is 11.2. The molecule has 0 aliphatic heterocycles. The van der Waals surface area contributed by atoms with Gasteiger partial charge in [-0.2, -0.15) is 5.26 Å².